The van der Waals surface area contributed by atoms with E-state index in [1.54, 1.807) is 0 Å². The molecule has 0 spiro atoms. The minimum absolute atomic E-state index is 0.0416. The molecule has 2 atom stereocenters. The average molecular weight is 482 g/mol. The maximum absolute atomic E-state index is 13.5. The molecular formula is C18H17ClF5N5O3. The quantitative estimate of drug-likeness (QED) is 0.680. The summed E-state index contributed by atoms with van der Waals surface area (Å²) in [7, 11) is 0. The molecule has 8 nitrogen and oxygen atoms in total. The third kappa shape index (κ3) is 4.10. The molecule has 2 aliphatic heterocycles. The van der Waals surface area contributed by atoms with E-state index in [2.05, 4.69) is 10.1 Å². The highest BCUT2D eigenvalue weighted by Crippen LogP contribution is 2.34. The summed E-state index contributed by atoms with van der Waals surface area (Å²) in [5.41, 5.74) is -1.97. The van der Waals surface area contributed by atoms with Gasteiger partial charge in [0.25, 0.3) is 5.92 Å². The Morgan fingerprint density at radius 2 is 2.03 bits per heavy atom. The van der Waals surface area contributed by atoms with E-state index in [0.29, 0.717) is 12.3 Å². The molecule has 1 N–H and O–H groups in total. The number of aliphatic hydroxyl groups is 1. The van der Waals surface area contributed by atoms with Crippen LogP contribution in [0.5, 0.6) is 0 Å². The zero-order valence-electron chi connectivity index (χ0n) is 16.3. The first-order valence-corrected chi connectivity index (χ1v) is 10.0. The summed E-state index contributed by atoms with van der Waals surface area (Å²) in [4.78, 5) is 30.4. The number of halogens is 6. The maximum Gasteiger partial charge on any atom is 0.417 e. The van der Waals surface area contributed by atoms with Gasteiger partial charge < -0.3 is 10.0 Å². The number of aromatic nitrogens is 4. The second kappa shape index (κ2) is 7.80. The summed E-state index contributed by atoms with van der Waals surface area (Å²) in [6.07, 6.45) is -5.62. The Labute approximate surface area is 182 Å². The zero-order valence-corrected chi connectivity index (χ0v) is 17.1. The molecule has 2 aromatic heterocycles. The number of carbonyl (C=O) groups is 1. The molecule has 14 heteroatoms. The van der Waals surface area contributed by atoms with Gasteiger partial charge in [0.1, 0.15) is 12.1 Å². The fourth-order valence-corrected chi connectivity index (χ4v) is 4.11. The van der Waals surface area contributed by atoms with E-state index < -0.39 is 60.9 Å². The van der Waals surface area contributed by atoms with Gasteiger partial charge >= 0.3 is 11.9 Å². The minimum Gasteiger partial charge on any atom is -0.385 e. The van der Waals surface area contributed by atoms with Gasteiger partial charge in [0, 0.05) is 19.2 Å². The second-order valence-electron chi connectivity index (χ2n) is 7.79. The molecule has 1 saturated heterocycles. The molecule has 0 saturated carbocycles. The van der Waals surface area contributed by atoms with Crippen LogP contribution in [0.3, 0.4) is 0 Å². The van der Waals surface area contributed by atoms with E-state index in [0.717, 1.165) is 14.1 Å². The van der Waals surface area contributed by atoms with E-state index in [1.165, 1.54) is 0 Å². The molecule has 2 aromatic rings. The van der Waals surface area contributed by atoms with E-state index in [-0.39, 0.29) is 35.9 Å². The van der Waals surface area contributed by atoms with Crippen molar-refractivity contribution in [1.29, 1.82) is 0 Å². The third-order valence-corrected chi connectivity index (χ3v) is 5.86. The molecule has 0 bridgehead atoms. The molecule has 1 unspecified atom stereocenters. The van der Waals surface area contributed by atoms with E-state index in [9.17, 15) is 36.6 Å². The van der Waals surface area contributed by atoms with Gasteiger partial charge in [-0.2, -0.15) is 18.3 Å². The van der Waals surface area contributed by atoms with Crippen LogP contribution in [-0.4, -0.2) is 54.3 Å². The van der Waals surface area contributed by atoms with Crippen molar-refractivity contribution in [3.63, 3.8) is 0 Å². The number of hydrogen-bond acceptors (Lipinski definition) is 5. The maximum atomic E-state index is 13.5. The number of pyridine rings is 1. The Morgan fingerprint density at radius 1 is 1.31 bits per heavy atom. The monoisotopic (exact) mass is 481 g/mol. The van der Waals surface area contributed by atoms with E-state index >= 15 is 0 Å². The van der Waals surface area contributed by atoms with E-state index in [1.807, 2.05) is 0 Å². The molecule has 1 fully saturated rings. The van der Waals surface area contributed by atoms with Crippen molar-refractivity contribution in [1.82, 2.24) is 24.2 Å². The molecule has 32 heavy (non-hydrogen) atoms. The highest BCUT2D eigenvalue weighted by atomic mass is 35.5. The smallest absolute Gasteiger partial charge is 0.385 e. The van der Waals surface area contributed by atoms with Crippen LogP contribution in [0.25, 0.3) is 0 Å². The van der Waals surface area contributed by atoms with Crippen molar-refractivity contribution in [2.75, 3.05) is 13.1 Å². The number of hydrogen-bond donors (Lipinski definition) is 1. The van der Waals surface area contributed by atoms with Gasteiger partial charge in [-0.3, -0.25) is 14.3 Å². The molecule has 2 aliphatic rings. The Bertz CT molecular complexity index is 1120. The lowest BCUT2D eigenvalue weighted by Gasteiger charge is -2.29. The normalized spacial score (nSPS) is 22.8. The van der Waals surface area contributed by atoms with Crippen LogP contribution in [-0.2, 0) is 17.5 Å². The first-order valence-electron chi connectivity index (χ1n) is 9.63. The molecule has 4 heterocycles. The second-order valence-corrected chi connectivity index (χ2v) is 8.20. The van der Waals surface area contributed by atoms with Crippen LogP contribution >= 0.6 is 11.6 Å². The Morgan fingerprint density at radius 3 is 2.62 bits per heavy atom. The molecule has 4 rings (SSSR count). The van der Waals surface area contributed by atoms with Gasteiger partial charge in [-0.05, 0) is 18.9 Å². The molecule has 174 valence electrons. The molecular weight excluding hydrogens is 465 g/mol. The highest BCUT2D eigenvalue weighted by Gasteiger charge is 2.44. The third-order valence-electron chi connectivity index (χ3n) is 5.53. The summed E-state index contributed by atoms with van der Waals surface area (Å²) in [6, 6.07) is -0.459. The number of likely N-dealkylation sites (tertiary alicyclic amines) is 1. The van der Waals surface area contributed by atoms with Crippen LogP contribution in [0.4, 0.5) is 22.0 Å². The summed E-state index contributed by atoms with van der Waals surface area (Å²) in [6.45, 7) is -1.33. The number of rotatable bonds is 3. The lowest BCUT2D eigenvalue weighted by Crippen LogP contribution is -2.43. The predicted molar refractivity (Wildman–Crippen MR) is 99.2 cm³/mol. The van der Waals surface area contributed by atoms with Crippen LogP contribution in [0, 0.1) is 0 Å². The standard InChI is InChI=1S/C18H17ClF5N5O3/c19-10-5-9(18(22,23)24)6-25-11(10)7-28-16(32)29-12(1-2-13(30)14(29)26-28)15(31)27-4-3-17(20,21)8-27/h5-6,12-13,30H,1-4,7-8H2/t12-,13?/m0/s1. The van der Waals surface area contributed by atoms with Gasteiger partial charge in [-0.1, -0.05) is 11.6 Å². The van der Waals surface area contributed by atoms with Crippen molar-refractivity contribution in [3.8, 4) is 0 Å². The number of aliphatic hydroxyl groups excluding tert-OH is 1. The molecule has 1 amide bonds. The van der Waals surface area contributed by atoms with Gasteiger partial charge in [0.15, 0.2) is 5.82 Å². The number of carbonyl (C=O) groups excluding carboxylic acids is 1. The lowest BCUT2D eigenvalue weighted by atomic mass is 10.0. The van der Waals surface area contributed by atoms with Gasteiger partial charge in [-0.25, -0.2) is 18.3 Å². The van der Waals surface area contributed by atoms with Gasteiger partial charge in [-0.15, -0.1) is 0 Å². The van der Waals surface area contributed by atoms with Crippen molar-refractivity contribution in [2.45, 2.75) is 50.1 Å². The van der Waals surface area contributed by atoms with Crippen LogP contribution in [0.15, 0.2) is 17.1 Å². The summed E-state index contributed by atoms with van der Waals surface area (Å²) in [5.74, 6) is -3.82. The number of nitrogens with zero attached hydrogens (tertiary/aromatic N) is 5. The largest absolute Gasteiger partial charge is 0.417 e. The Kier molecular flexibility index (Phi) is 5.52. The molecule has 0 aliphatic carbocycles. The summed E-state index contributed by atoms with van der Waals surface area (Å²) < 4.78 is 67.3. The van der Waals surface area contributed by atoms with Gasteiger partial charge in [0.05, 0.1) is 29.4 Å². The first-order chi connectivity index (χ1) is 14.9. The van der Waals surface area contributed by atoms with Gasteiger partial charge in [0.2, 0.25) is 5.91 Å². The molecule has 0 radical (unpaired) electrons. The topological polar surface area (TPSA) is 93.2 Å². The fourth-order valence-electron chi connectivity index (χ4n) is 3.88. The number of fused-ring (bicyclic) bond motifs is 1. The highest BCUT2D eigenvalue weighted by molar-refractivity contribution is 6.31. The SMILES string of the molecule is O=C([C@@H]1CCC(O)c2nn(Cc3ncc(C(F)(F)F)cc3Cl)c(=O)n21)N1CCC(F)(F)C1. The first kappa shape index (κ1) is 22.6. The van der Waals surface area contributed by atoms with Crippen molar-refractivity contribution in [2.24, 2.45) is 0 Å². The average Bonchev–Trinajstić information content (AvgIpc) is 3.23. The number of amides is 1. The zero-order chi connectivity index (χ0) is 23.4. The van der Waals surface area contributed by atoms with E-state index in [4.69, 9.17) is 11.6 Å². The van der Waals surface area contributed by atoms with Crippen molar-refractivity contribution >= 4 is 17.5 Å². The fraction of sp³-hybridized carbons (Fsp3) is 0.556. The van der Waals surface area contributed by atoms with Crippen molar-refractivity contribution in [3.05, 3.63) is 44.9 Å². The Hall–Kier alpha value is -2.54. The molecule has 0 aromatic carbocycles. The number of alkyl halides is 5. The summed E-state index contributed by atoms with van der Waals surface area (Å²) in [5, 5.41) is 13.9. The predicted octanol–water partition coefficient (Wildman–Crippen LogP) is 2.40. The van der Waals surface area contributed by atoms with Crippen LogP contribution in [0.2, 0.25) is 5.02 Å². The lowest BCUT2D eigenvalue weighted by molar-refractivity contribution is -0.138. The minimum atomic E-state index is -4.65. The van der Waals surface area contributed by atoms with Crippen molar-refractivity contribution < 1.29 is 31.9 Å². The summed E-state index contributed by atoms with van der Waals surface area (Å²) >= 11 is 5.89. The van der Waals surface area contributed by atoms with Crippen LogP contribution in [0.1, 0.15) is 48.5 Å². The van der Waals surface area contributed by atoms with Crippen LogP contribution < -0.4 is 5.69 Å². The Balaban J connectivity index is 1.65.